The zero-order chi connectivity index (χ0) is 24.3. The average Bonchev–Trinajstić information content (AvgIpc) is 3.13. The number of nitrogens with one attached hydrogen (secondary N) is 1. The summed E-state index contributed by atoms with van der Waals surface area (Å²) >= 11 is 0. The molecule has 6 nitrogen and oxygen atoms in total. The van der Waals surface area contributed by atoms with E-state index in [-0.39, 0.29) is 17.7 Å². The summed E-state index contributed by atoms with van der Waals surface area (Å²) in [5.41, 5.74) is 3.74. The molecule has 1 atom stereocenters. The Balaban J connectivity index is 1.40. The summed E-state index contributed by atoms with van der Waals surface area (Å²) in [7, 11) is -3.74. The minimum atomic E-state index is -3.74. The molecule has 2 heterocycles. The molecule has 0 spiro atoms. The van der Waals surface area contributed by atoms with Gasteiger partial charge in [0.25, 0.3) is 10.0 Å². The Kier molecular flexibility index (Phi) is 7.22. The molecule has 0 saturated carbocycles. The van der Waals surface area contributed by atoms with Crippen molar-refractivity contribution >= 4 is 26.7 Å². The number of carbonyl (C=O) groups excluding carboxylic acids is 1. The number of likely N-dealkylation sites (tertiary alicyclic amines) is 1. The van der Waals surface area contributed by atoms with Gasteiger partial charge in [0.15, 0.2) is 0 Å². The van der Waals surface area contributed by atoms with Crippen molar-refractivity contribution in [1.82, 2.24) is 10.2 Å². The van der Waals surface area contributed by atoms with E-state index >= 15 is 0 Å². The molecule has 7 heteroatoms. The van der Waals surface area contributed by atoms with Crippen molar-refractivity contribution in [2.45, 2.75) is 46.0 Å². The van der Waals surface area contributed by atoms with Gasteiger partial charge in [-0.2, -0.15) is 8.42 Å². The van der Waals surface area contributed by atoms with Gasteiger partial charge in [-0.15, -0.1) is 4.40 Å². The molecule has 180 valence electrons. The molecule has 2 aliphatic heterocycles. The van der Waals surface area contributed by atoms with Crippen molar-refractivity contribution in [1.29, 1.82) is 0 Å². The largest absolute Gasteiger partial charge is 0.356 e. The third-order valence-corrected chi connectivity index (χ3v) is 8.20. The van der Waals surface area contributed by atoms with Crippen LogP contribution in [0.1, 0.15) is 55.7 Å². The van der Waals surface area contributed by atoms with E-state index in [1.807, 2.05) is 61.2 Å². The summed E-state index contributed by atoms with van der Waals surface area (Å²) in [6.07, 6.45) is 1.95. The van der Waals surface area contributed by atoms with Gasteiger partial charge in [-0.1, -0.05) is 74.0 Å². The molecule has 2 aromatic rings. The molecule has 1 saturated heterocycles. The number of nitrogens with zero attached hydrogens (tertiary/aromatic N) is 2. The molecule has 34 heavy (non-hydrogen) atoms. The number of hydrogen-bond donors (Lipinski definition) is 1. The normalized spacial score (nSPS) is 19.1. The Hall–Kier alpha value is -2.93. The molecular weight excluding hydrogens is 446 g/mol. The number of hydrogen-bond acceptors (Lipinski definition) is 4. The van der Waals surface area contributed by atoms with Crippen molar-refractivity contribution in [2.24, 2.45) is 10.3 Å². The lowest BCUT2D eigenvalue weighted by Crippen LogP contribution is -2.43. The molecule has 0 radical (unpaired) electrons. The second-order valence-electron chi connectivity index (χ2n) is 9.24. The van der Waals surface area contributed by atoms with Crippen LogP contribution in [-0.4, -0.2) is 44.7 Å². The zero-order valence-electron chi connectivity index (χ0n) is 20.1. The first-order chi connectivity index (χ1) is 16.3. The monoisotopic (exact) mass is 479 g/mol. The number of benzene rings is 2. The minimum Gasteiger partial charge on any atom is -0.356 e. The lowest BCUT2D eigenvalue weighted by molar-refractivity contribution is -0.126. The number of carbonyl (C=O) groups is 1. The summed E-state index contributed by atoms with van der Waals surface area (Å²) in [5.74, 6) is 0.814. The quantitative estimate of drug-likeness (QED) is 0.662. The van der Waals surface area contributed by atoms with Gasteiger partial charge in [0.1, 0.15) is 10.7 Å². The zero-order valence-corrected chi connectivity index (χ0v) is 20.9. The smallest absolute Gasteiger partial charge is 0.285 e. The Morgan fingerprint density at radius 1 is 1.09 bits per heavy atom. The molecule has 1 fully saturated rings. The highest BCUT2D eigenvalue weighted by atomic mass is 32.2. The van der Waals surface area contributed by atoms with E-state index in [1.54, 1.807) is 0 Å². The third-order valence-electron chi connectivity index (χ3n) is 6.79. The summed E-state index contributed by atoms with van der Waals surface area (Å²) in [6, 6.07) is 17.7. The van der Waals surface area contributed by atoms with Gasteiger partial charge < -0.3 is 10.2 Å². The van der Waals surface area contributed by atoms with Crippen LogP contribution in [0.15, 0.2) is 64.6 Å². The number of rotatable bonds is 6. The molecule has 1 amide bonds. The van der Waals surface area contributed by atoms with Gasteiger partial charge in [0.05, 0.1) is 0 Å². The van der Waals surface area contributed by atoms with Gasteiger partial charge in [0.2, 0.25) is 5.91 Å². The Labute approximate surface area is 202 Å². The van der Waals surface area contributed by atoms with Crippen molar-refractivity contribution in [2.75, 3.05) is 19.6 Å². The first kappa shape index (κ1) is 24.2. The van der Waals surface area contributed by atoms with Crippen LogP contribution in [0, 0.1) is 12.8 Å². The second-order valence-corrected chi connectivity index (χ2v) is 10.8. The molecule has 0 unspecified atom stereocenters. The van der Waals surface area contributed by atoms with E-state index in [4.69, 9.17) is 0 Å². The van der Waals surface area contributed by atoms with E-state index in [1.165, 1.54) is 5.56 Å². The molecule has 2 aromatic carbocycles. The second kappa shape index (κ2) is 10.1. The standard InChI is InChI=1S/C27H33N3O3S/c1-4-24-25(22-12-10-19(2)11-13-22)34(32,33)29-26(24)30-16-14-23(15-17-30)27(31)28-18-20(3)21-8-6-5-7-9-21/h5-13,20,23H,4,14-18H2,1-3H3,(H,28,31)/t20-/m1/s1. The van der Waals surface area contributed by atoms with E-state index in [2.05, 4.69) is 28.8 Å². The highest BCUT2D eigenvalue weighted by Gasteiger charge is 2.36. The number of amides is 1. The molecule has 2 aliphatic rings. The SMILES string of the molecule is CCC1=C(c2ccc(C)cc2)S(=O)(=O)N=C1N1CCC(C(=O)NC[C@@H](C)c2ccccc2)CC1. The number of piperidine rings is 1. The lowest BCUT2D eigenvalue weighted by Gasteiger charge is -2.33. The van der Waals surface area contributed by atoms with E-state index in [0.717, 1.165) is 11.1 Å². The maximum Gasteiger partial charge on any atom is 0.285 e. The van der Waals surface area contributed by atoms with Crippen LogP contribution in [0.3, 0.4) is 0 Å². The van der Waals surface area contributed by atoms with Crippen molar-refractivity contribution in [3.05, 3.63) is 76.9 Å². The van der Waals surface area contributed by atoms with Crippen LogP contribution in [0.25, 0.3) is 4.91 Å². The minimum absolute atomic E-state index is 0.0662. The van der Waals surface area contributed by atoms with Gasteiger partial charge in [0, 0.05) is 31.1 Å². The highest BCUT2D eigenvalue weighted by Crippen LogP contribution is 2.36. The summed E-state index contributed by atoms with van der Waals surface area (Å²) in [5, 5.41) is 3.11. The van der Waals surface area contributed by atoms with Crippen LogP contribution in [0.2, 0.25) is 0 Å². The fourth-order valence-electron chi connectivity index (χ4n) is 4.72. The highest BCUT2D eigenvalue weighted by molar-refractivity contribution is 8.00. The van der Waals surface area contributed by atoms with E-state index < -0.39 is 10.0 Å². The van der Waals surface area contributed by atoms with Crippen LogP contribution < -0.4 is 5.32 Å². The predicted molar refractivity (Wildman–Crippen MR) is 137 cm³/mol. The van der Waals surface area contributed by atoms with Crippen molar-refractivity contribution in [3.63, 3.8) is 0 Å². The van der Waals surface area contributed by atoms with Crippen LogP contribution in [0.5, 0.6) is 0 Å². The Bertz CT molecular complexity index is 1190. The molecule has 0 aliphatic carbocycles. The van der Waals surface area contributed by atoms with Crippen LogP contribution in [0.4, 0.5) is 0 Å². The molecule has 0 aromatic heterocycles. The van der Waals surface area contributed by atoms with Gasteiger partial charge in [-0.3, -0.25) is 4.79 Å². The van der Waals surface area contributed by atoms with Crippen LogP contribution in [-0.2, 0) is 14.8 Å². The Morgan fingerprint density at radius 3 is 2.35 bits per heavy atom. The van der Waals surface area contributed by atoms with Gasteiger partial charge in [-0.05, 0) is 43.2 Å². The summed E-state index contributed by atoms with van der Waals surface area (Å²) in [4.78, 5) is 15.1. The van der Waals surface area contributed by atoms with Crippen molar-refractivity contribution < 1.29 is 13.2 Å². The fourth-order valence-corrected chi connectivity index (χ4v) is 6.24. The average molecular weight is 480 g/mol. The molecule has 0 bridgehead atoms. The maximum absolute atomic E-state index is 13.0. The molecule has 1 N–H and O–H groups in total. The van der Waals surface area contributed by atoms with Gasteiger partial charge >= 0.3 is 0 Å². The topological polar surface area (TPSA) is 78.8 Å². The van der Waals surface area contributed by atoms with Gasteiger partial charge in [-0.25, -0.2) is 0 Å². The predicted octanol–water partition coefficient (Wildman–Crippen LogP) is 4.49. The first-order valence-corrected chi connectivity index (χ1v) is 13.5. The van der Waals surface area contributed by atoms with Crippen molar-refractivity contribution in [3.8, 4) is 0 Å². The number of aryl methyl sites for hydroxylation is 1. The lowest BCUT2D eigenvalue weighted by atomic mass is 9.94. The summed E-state index contributed by atoms with van der Waals surface area (Å²) < 4.78 is 30.1. The van der Waals surface area contributed by atoms with Crippen LogP contribution >= 0.6 is 0 Å². The molecular formula is C27H33N3O3S. The maximum atomic E-state index is 13.0. The third kappa shape index (κ3) is 5.09. The molecule has 4 rings (SSSR count). The first-order valence-electron chi connectivity index (χ1n) is 12.0. The number of sulfonamides is 1. The van der Waals surface area contributed by atoms with E-state index in [0.29, 0.717) is 55.2 Å². The Morgan fingerprint density at radius 2 is 1.74 bits per heavy atom. The van der Waals surface area contributed by atoms with E-state index in [9.17, 15) is 13.2 Å². The number of amidine groups is 1. The fraction of sp³-hybridized carbons (Fsp3) is 0.407. The summed E-state index contributed by atoms with van der Waals surface area (Å²) in [6.45, 7) is 7.90.